The average molecular weight is 1220 g/mol. The summed E-state index contributed by atoms with van der Waals surface area (Å²) in [4.78, 5) is 39.7. The number of nitrogens with zero attached hydrogens (tertiary/aromatic N) is 9. The zero-order chi connectivity index (χ0) is 60.6. The number of carbonyl (C=O) groups excluding carboxylic acids is 3. The van der Waals surface area contributed by atoms with E-state index in [0.717, 1.165) is 66.6 Å². The summed E-state index contributed by atoms with van der Waals surface area (Å²) in [6.07, 6.45) is 6.12. The Morgan fingerprint density at radius 1 is 0.464 bits per heavy atom. The molecule has 12 rings (SSSR count). The molecule has 3 aromatic heterocycles. The van der Waals surface area contributed by atoms with Gasteiger partial charge in [-0.2, -0.15) is 42.3 Å². The van der Waals surface area contributed by atoms with Gasteiger partial charge in [-0.25, -0.2) is 38.4 Å². The molecule has 0 aliphatic carbocycles. The van der Waals surface area contributed by atoms with Crippen molar-refractivity contribution in [3.8, 4) is 0 Å². The van der Waals surface area contributed by atoms with Crippen molar-refractivity contribution < 1.29 is 52.8 Å². The topological polar surface area (TPSA) is 331 Å². The minimum Gasteiger partial charge on any atom is -0.385 e. The second-order valence-electron chi connectivity index (χ2n) is 22.1. The fourth-order valence-electron chi connectivity index (χ4n) is 12.1. The molecular formula is C54H66F3N15O9S3. The first-order valence-electron chi connectivity index (χ1n) is 27.2. The van der Waals surface area contributed by atoms with Crippen molar-refractivity contribution in [3.05, 3.63) is 121 Å². The number of sulfonamides is 3. The van der Waals surface area contributed by atoms with Crippen LogP contribution >= 0.6 is 0 Å². The summed E-state index contributed by atoms with van der Waals surface area (Å²) < 4.78 is 120. The van der Waals surface area contributed by atoms with Gasteiger partial charge in [0.25, 0.3) is 17.7 Å². The highest BCUT2D eigenvalue weighted by molar-refractivity contribution is 7.88. The maximum absolute atomic E-state index is 14.0. The number of halogens is 3. The molecule has 84 heavy (non-hydrogen) atoms. The number of nitrogen functional groups attached to an aromatic ring is 3. The van der Waals surface area contributed by atoms with Crippen LogP contribution < -0.4 is 33.2 Å². The smallest absolute Gasteiger partial charge is 0.256 e. The van der Waals surface area contributed by atoms with E-state index < -0.39 is 65.3 Å². The lowest BCUT2D eigenvalue weighted by Crippen LogP contribution is -2.35. The lowest BCUT2D eigenvalue weighted by atomic mass is 9.88. The number of anilines is 6. The fourth-order valence-corrected chi connectivity index (χ4v) is 14.4. The Morgan fingerprint density at radius 3 is 0.952 bits per heavy atom. The van der Waals surface area contributed by atoms with E-state index in [0.29, 0.717) is 128 Å². The molecule has 0 amide bonds. The molecule has 0 spiro atoms. The average Bonchev–Trinajstić information content (AvgIpc) is 3.04. The first-order valence-corrected chi connectivity index (χ1v) is 32.7. The van der Waals surface area contributed by atoms with E-state index in [4.69, 9.17) is 17.2 Å². The van der Waals surface area contributed by atoms with Gasteiger partial charge < -0.3 is 33.2 Å². The normalized spacial score (nSPS) is 19.6. The van der Waals surface area contributed by atoms with E-state index in [9.17, 15) is 52.8 Å². The standard InChI is InChI=1S/3C18H22FN5O3S/c3*1-10-7-11(19)8-14-12(3-5-21-16(10)14)18(25)24-17(20)13-4-6-23(28(2,26)27)9-15(13)22-24/h3*7-8,12,21H,3-6,9,20H2,1-2H3/t12-;;/m0../s1. The minimum atomic E-state index is -3.35. The SMILES string of the molecule is Cc1cc(F)cc2c1NCCC2C(=O)n1nc2c(c1N)CCN(S(C)(=O)=O)C2.Cc1cc(F)cc2c1NCCC2C(=O)n1nc2c(c1N)CCN(S(C)(=O)=O)C2.Cc1cc(F)cc2c1NCC[C@@H]2C(=O)n1nc2c(c1N)CCN(S(C)(=O)=O)C2. The fraction of sp³-hybridized carbons (Fsp3) is 0.444. The lowest BCUT2D eigenvalue weighted by molar-refractivity contribution is 0.0851. The van der Waals surface area contributed by atoms with E-state index >= 15 is 0 Å². The molecule has 3 atom stereocenters. The molecule has 3 aromatic carbocycles. The van der Waals surface area contributed by atoms with Crippen LogP contribution in [0.1, 0.15) is 119 Å². The largest absolute Gasteiger partial charge is 0.385 e. The molecule has 30 heteroatoms. The van der Waals surface area contributed by atoms with Crippen LogP contribution in [0.2, 0.25) is 0 Å². The van der Waals surface area contributed by atoms with E-state index in [-0.39, 0.29) is 54.8 Å². The Morgan fingerprint density at radius 2 is 0.714 bits per heavy atom. The van der Waals surface area contributed by atoms with Gasteiger partial charge in [0.2, 0.25) is 30.1 Å². The monoisotopic (exact) mass is 1220 g/mol. The highest BCUT2D eigenvalue weighted by atomic mass is 32.2. The highest BCUT2D eigenvalue weighted by Gasteiger charge is 2.38. The summed E-state index contributed by atoms with van der Waals surface area (Å²) in [7, 11) is -10.1. The number of rotatable bonds is 6. The van der Waals surface area contributed by atoms with Crippen LogP contribution in [0.5, 0.6) is 0 Å². The third-order valence-electron chi connectivity index (χ3n) is 16.4. The number of aromatic nitrogens is 6. The number of hydrogen-bond acceptors (Lipinski definition) is 18. The predicted molar refractivity (Wildman–Crippen MR) is 310 cm³/mol. The number of carbonyl (C=O) groups is 3. The van der Waals surface area contributed by atoms with Gasteiger partial charge in [-0.1, -0.05) is 0 Å². The number of aryl methyl sites for hydroxylation is 3. The van der Waals surface area contributed by atoms with Gasteiger partial charge in [-0.15, -0.1) is 0 Å². The lowest BCUT2D eigenvalue weighted by Gasteiger charge is -2.27. The maximum Gasteiger partial charge on any atom is 0.256 e. The molecule has 6 aromatic rings. The van der Waals surface area contributed by atoms with Gasteiger partial charge >= 0.3 is 0 Å². The molecule has 24 nitrogen and oxygen atoms in total. The molecule has 6 aliphatic rings. The van der Waals surface area contributed by atoms with Crippen molar-refractivity contribution >= 4 is 82.3 Å². The van der Waals surface area contributed by atoms with Crippen molar-refractivity contribution in [2.24, 2.45) is 0 Å². The van der Waals surface area contributed by atoms with Crippen LogP contribution in [0.4, 0.5) is 47.7 Å². The van der Waals surface area contributed by atoms with Crippen molar-refractivity contribution in [3.63, 3.8) is 0 Å². The second kappa shape index (κ2) is 22.6. The molecular weight excluding hydrogens is 1160 g/mol. The molecule has 9 N–H and O–H groups in total. The minimum absolute atomic E-state index is 0.0925. The molecule has 0 saturated carbocycles. The molecule has 0 saturated heterocycles. The van der Waals surface area contributed by atoms with Crippen LogP contribution in [0.15, 0.2) is 36.4 Å². The quantitative estimate of drug-likeness (QED) is 0.134. The van der Waals surface area contributed by atoms with Gasteiger partial charge in [0.05, 0.1) is 73.2 Å². The zero-order valence-electron chi connectivity index (χ0n) is 47.1. The first-order chi connectivity index (χ1) is 39.5. The molecule has 0 radical (unpaired) electrons. The highest BCUT2D eigenvalue weighted by Crippen LogP contribution is 2.40. The number of fused-ring (bicyclic) bond motifs is 6. The summed E-state index contributed by atoms with van der Waals surface area (Å²) in [5.41, 5.74) is 28.5. The summed E-state index contributed by atoms with van der Waals surface area (Å²) in [6, 6.07) is 8.42. The zero-order valence-corrected chi connectivity index (χ0v) is 49.5. The Labute approximate surface area is 484 Å². The maximum atomic E-state index is 14.0. The molecule has 0 bridgehead atoms. The van der Waals surface area contributed by atoms with Crippen LogP contribution in [-0.2, 0) is 69.0 Å². The van der Waals surface area contributed by atoms with Crippen LogP contribution in [0, 0.1) is 38.2 Å². The van der Waals surface area contributed by atoms with Gasteiger partial charge in [0.1, 0.15) is 34.9 Å². The number of nitrogens with two attached hydrogens (primary N) is 3. The van der Waals surface area contributed by atoms with Crippen LogP contribution in [-0.4, -0.2) is 143 Å². The Balaban J connectivity index is 0.000000140. The number of benzene rings is 3. The van der Waals surface area contributed by atoms with Gasteiger partial charge in [-0.3, -0.25) is 14.4 Å². The molecule has 6 aliphatic heterocycles. The Hall–Kier alpha value is -7.38. The Kier molecular flexibility index (Phi) is 16.1. The van der Waals surface area contributed by atoms with Crippen LogP contribution in [0.3, 0.4) is 0 Å². The molecule has 2 unspecified atom stereocenters. The van der Waals surface area contributed by atoms with Crippen molar-refractivity contribution in [1.82, 2.24) is 42.3 Å². The van der Waals surface area contributed by atoms with Crippen molar-refractivity contribution in [2.75, 3.05) is 91.2 Å². The molecule has 450 valence electrons. The van der Waals surface area contributed by atoms with Gasteiger partial charge in [0, 0.05) is 73.0 Å². The summed E-state index contributed by atoms with van der Waals surface area (Å²) in [5.74, 6) is -3.16. The molecule has 9 heterocycles. The van der Waals surface area contributed by atoms with E-state index in [1.54, 1.807) is 20.8 Å². The van der Waals surface area contributed by atoms with E-state index in [2.05, 4.69) is 31.2 Å². The van der Waals surface area contributed by atoms with Crippen LogP contribution in [0.25, 0.3) is 0 Å². The first kappa shape index (κ1) is 59.8. The van der Waals surface area contributed by atoms with Gasteiger partial charge in [0.15, 0.2) is 0 Å². The van der Waals surface area contributed by atoms with E-state index in [1.165, 1.54) is 49.3 Å². The third kappa shape index (κ3) is 11.5. The van der Waals surface area contributed by atoms with Crippen molar-refractivity contribution in [1.29, 1.82) is 0 Å². The Bertz CT molecular complexity index is 3650. The van der Waals surface area contributed by atoms with E-state index in [1.807, 2.05) is 0 Å². The summed E-state index contributed by atoms with van der Waals surface area (Å²) in [6.45, 7) is 8.31. The van der Waals surface area contributed by atoms with Crippen molar-refractivity contribution in [2.45, 2.75) is 96.7 Å². The number of nitrogens with one attached hydrogen (secondary N) is 3. The third-order valence-corrected chi connectivity index (χ3v) is 20.1. The predicted octanol–water partition coefficient (Wildman–Crippen LogP) is 4.41. The summed E-state index contributed by atoms with van der Waals surface area (Å²) >= 11 is 0. The van der Waals surface area contributed by atoms with Gasteiger partial charge in [-0.05, 0) is 129 Å². The number of hydrogen-bond donors (Lipinski definition) is 6. The summed E-state index contributed by atoms with van der Waals surface area (Å²) in [5, 5.41) is 22.7. The molecule has 0 fully saturated rings. The second-order valence-corrected chi connectivity index (χ2v) is 28.0.